The van der Waals surface area contributed by atoms with Gasteiger partial charge in [0.15, 0.2) is 11.6 Å². The first-order chi connectivity index (χ1) is 9.60. The number of hydrogen-bond acceptors (Lipinski definition) is 3. The maximum Gasteiger partial charge on any atom is 0.335 e. The normalized spacial score (nSPS) is 14.7. The van der Waals surface area contributed by atoms with Crippen molar-refractivity contribution in [2.24, 2.45) is 5.92 Å². The van der Waals surface area contributed by atoms with Crippen molar-refractivity contribution in [1.82, 2.24) is 4.72 Å². The van der Waals surface area contributed by atoms with Gasteiger partial charge in [-0.3, -0.25) is 0 Å². The second kappa shape index (κ2) is 6.48. The van der Waals surface area contributed by atoms with E-state index in [9.17, 15) is 22.0 Å². The molecule has 0 amide bonds. The largest absolute Gasteiger partial charge is 0.478 e. The fourth-order valence-corrected chi connectivity index (χ4v) is 3.13. The van der Waals surface area contributed by atoms with Gasteiger partial charge in [-0.2, -0.15) is 0 Å². The van der Waals surface area contributed by atoms with Crippen molar-refractivity contribution in [3.63, 3.8) is 0 Å². The van der Waals surface area contributed by atoms with Crippen LogP contribution in [0.15, 0.2) is 17.0 Å². The zero-order chi connectivity index (χ0) is 16.4. The van der Waals surface area contributed by atoms with E-state index in [4.69, 9.17) is 5.11 Å². The van der Waals surface area contributed by atoms with Crippen LogP contribution in [0.4, 0.5) is 8.78 Å². The second-order valence-corrected chi connectivity index (χ2v) is 6.55. The third-order valence-electron chi connectivity index (χ3n) is 3.37. The summed E-state index contributed by atoms with van der Waals surface area (Å²) in [6, 6.07) is 0.539. The number of nitrogens with one attached hydrogen (secondary N) is 1. The molecule has 5 nitrogen and oxygen atoms in total. The molecular weight excluding hydrogens is 304 g/mol. The van der Waals surface area contributed by atoms with Gasteiger partial charge in [0, 0.05) is 6.04 Å². The Bertz CT molecular complexity index is 646. The predicted octanol–water partition coefficient (Wildman–Crippen LogP) is 2.38. The number of carboxylic acid groups (broad SMARTS) is 1. The highest BCUT2D eigenvalue weighted by Crippen LogP contribution is 2.21. The highest BCUT2D eigenvalue weighted by atomic mass is 32.2. The van der Waals surface area contributed by atoms with Gasteiger partial charge in [0.1, 0.15) is 4.90 Å². The van der Waals surface area contributed by atoms with Gasteiger partial charge in [-0.05, 0) is 25.0 Å². The van der Waals surface area contributed by atoms with Gasteiger partial charge < -0.3 is 5.11 Å². The standard InChI is InChI=1S/C13H17F2NO4S/c1-4-7(2)8(3)16-21(19,20)11-6-9(13(17)18)5-10(14)12(11)15/h5-8,16H,4H2,1-3H3,(H,17,18). The van der Waals surface area contributed by atoms with Crippen molar-refractivity contribution in [2.75, 3.05) is 0 Å². The Hall–Kier alpha value is -1.54. The predicted molar refractivity (Wildman–Crippen MR) is 72.6 cm³/mol. The van der Waals surface area contributed by atoms with E-state index in [0.717, 1.165) is 0 Å². The van der Waals surface area contributed by atoms with Crippen molar-refractivity contribution in [1.29, 1.82) is 0 Å². The quantitative estimate of drug-likeness (QED) is 0.842. The van der Waals surface area contributed by atoms with E-state index in [2.05, 4.69) is 4.72 Å². The molecule has 0 bridgehead atoms. The summed E-state index contributed by atoms with van der Waals surface area (Å²) in [6.45, 7) is 5.26. The Morgan fingerprint density at radius 2 is 1.90 bits per heavy atom. The van der Waals surface area contributed by atoms with Gasteiger partial charge in [0.05, 0.1) is 5.56 Å². The number of carbonyl (C=O) groups is 1. The van der Waals surface area contributed by atoms with Crippen LogP contribution in [0, 0.1) is 17.6 Å². The van der Waals surface area contributed by atoms with Gasteiger partial charge in [-0.1, -0.05) is 20.3 Å². The summed E-state index contributed by atoms with van der Waals surface area (Å²) in [5, 5.41) is 8.79. The number of aromatic carboxylic acids is 1. The fourth-order valence-electron chi connectivity index (χ4n) is 1.66. The molecule has 1 aromatic carbocycles. The van der Waals surface area contributed by atoms with Crippen molar-refractivity contribution in [2.45, 2.75) is 38.1 Å². The summed E-state index contributed by atoms with van der Waals surface area (Å²) in [5.41, 5.74) is -0.634. The number of hydrogen-bond donors (Lipinski definition) is 2. The van der Waals surface area contributed by atoms with Crippen LogP contribution in [0.1, 0.15) is 37.6 Å². The molecule has 0 aliphatic carbocycles. The fraction of sp³-hybridized carbons (Fsp3) is 0.462. The zero-order valence-corrected chi connectivity index (χ0v) is 12.7. The van der Waals surface area contributed by atoms with E-state index in [1.807, 2.05) is 6.92 Å². The topological polar surface area (TPSA) is 83.5 Å². The second-order valence-electron chi connectivity index (χ2n) is 4.87. The minimum atomic E-state index is -4.35. The maximum absolute atomic E-state index is 13.7. The van der Waals surface area contributed by atoms with Crippen LogP contribution in [-0.2, 0) is 10.0 Å². The Kier molecular flexibility index (Phi) is 5.41. The number of carboxylic acids is 1. The van der Waals surface area contributed by atoms with Gasteiger partial charge in [-0.15, -0.1) is 0 Å². The molecule has 118 valence electrons. The van der Waals surface area contributed by atoms with E-state index in [1.54, 1.807) is 13.8 Å². The van der Waals surface area contributed by atoms with Gasteiger partial charge >= 0.3 is 5.97 Å². The molecule has 0 spiro atoms. The van der Waals surface area contributed by atoms with Crippen LogP contribution in [-0.4, -0.2) is 25.5 Å². The molecule has 1 aromatic rings. The highest BCUT2D eigenvalue weighted by molar-refractivity contribution is 7.89. The minimum absolute atomic E-state index is 0.0182. The van der Waals surface area contributed by atoms with Crippen molar-refractivity contribution < 1.29 is 27.1 Å². The lowest BCUT2D eigenvalue weighted by molar-refractivity contribution is 0.0696. The molecule has 2 unspecified atom stereocenters. The van der Waals surface area contributed by atoms with Crippen molar-refractivity contribution in [3.8, 4) is 0 Å². The van der Waals surface area contributed by atoms with E-state index in [1.165, 1.54) is 0 Å². The Morgan fingerprint density at radius 3 is 2.38 bits per heavy atom. The van der Waals surface area contributed by atoms with E-state index in [0.29, 0.717) is 18.6 Å². The molecule has 21 heavy (non-hydrogen) atoms. The van der Waals surface area contributed by atoms with Crippen LogP contribution in [0.2, 0.25) is 0 Å². The number of halogens is 2. The average molecular weight is 321 g/mol. The Labute approximate surface area is 122 Å². The number of rotatable bonds is 6. The molecule has 0 saturated heterocycles. The highest BCUT2D eigenvalue weighted by Gasteiger charge is 2.27. The molecule has 2 N–H and O–H groups in total. The van der Waals surface area contributed by atoms with Crippen LogP contribution in [0.3, 0.4) is 0 Å². The molecule has 1 rings (SSSR count). The summed E-state index contributed by atoms with van der Waals surface area (Å²) in [4.78, 5) is 9.81. The van der Waals surface area contributed by atoms with Crippen LogP contribution in [0.5, 0.6) is 0 Å². The zero-order valence-electron chi connectivity index (χ0n) is 11.9. The van der Waals surface area contributed by atoms with Crippen LogP contribution >= 0.6 is 0 Å². The molecular formula is C13H17F2NO4S. The first kappa shape index (κ1) is 17.5. The van der Waals surface area contributed by atoms with E-state index >= 15 is 0 Å². The molecule has 0 aliphatic heterocycles. The van der Waals surface area contributed by atoms with Crippen LogP contribution in [0.25, 0.3) is 0 Å². The Morgan fingerprint density at radius 1 is 1.33 bits per heavy atom. The molecule has 0 fully saturated rings. The van der Waals surface area contributed by atoms with Crippen LogP contribution < -0.4 is 4.72 Å². The first-order valence-electron chi connectivity index (χ1n) is 6.34. The van der Waals surface area contributed by atoms with E-state index < -0.39 is 44.1 Å². The molecule has 2 atom stereocenters. The smallest absolute Gasteiger partial charge is 0.335 e. The lowest BCUT2D eigenvalue weighted by Crippen LogP contribution is -2.37. The van der Waals surface area contributed by atoms with Gasteiger partial charge in [-0.25, -0.2) is 26.7 Å². The lowest BCUT2D eigenvalue weighted by atomic mass is 10.0. The maximum atomic E-state index is 13.7. The molecule has 8 heteroatoms. The summed E-state index contributed by atoms with van der Waals surface area (Å²) in [6.07, 6.45) is 0.690. The number of sulfonamides is 1. The van der Waals surface area contributed by atoms with Crippen molar-refractivity contribution in [3.05, 3.63) is 29.3 Å². The lowest BCUT2D eigenvalue weighted by Gasteiger charge is -2.20. The SMILES string of the molecule is CCC(C)C(C)NS(=O)(=O)c1cc(C(=O)O)cc(F)c1F. The molecule has 0 saturated carbocycles. The summed E-state index contributed by atoms with van der Waals surface area (Å²) in [5.74, 6) is -4.68. The monoisotopic (exact) mass is 321 g/mol. The Balaban J connectivity index is 3.28. The summed E-state index contributed by atoms with van der Waals surface area (Å²) >= 11 is 0. The minimum Gasteiger partial charge on any atom is -0.478 e. The van der Waals surface area contributed by atoms with Crippen molar-refractivity contribution >= 4 is 16.0 Å². The molecule has 0 aliphatic rings. The molecule has 0 radical (unpaired) electrons. The van der Waals surface area contributed by atoms with E-state index in [-0.39, 0.29) is 5.92 Å². The summed E-state index contributed by atoms with van der Waals surface area (Å²) < 4.78 is 53.5. The first-order valence-corrected chi connectivity index (χ1v) is 7.83. The molecule has 0 aromatic heterocycles. The number of benzene rings is 1. The van der Waals surface area contributed by atoms with Gasteiger partial charge in [0.25, 0.3) is 0 Å². The molecule has 0 heterocycles. The third kappa shape index (κ3) is 3.98. The summed E-state index contributed by atoms with van der Waals surface area (Å²) in [7, 11) is -4.35. The third-order valence-corrected chi connectivity index (χ3v) is 4.93. The van der Waals surface area contributed by atoms with Gasteiger partial charge in [0.2, 0.25) is 10.0 Å². The average Bonchev–Trinajstić information content (AvgIpc) is 2.39.